The molecule has 1 heterocycles. The third-order valence-electron chi connectivity index (χ3n) is 0.797. The van der Waals surface area contributed by atoms with Gasteiger partial charge in [-0.25, -0.2) is 0 Å². The lowest BCUT2D eigenvalue weighted by molar-refractivity contribution is 1.82. The largest absolute Gasteiger partial charge is 0.328 e. The summed E-state index contributed by atoms with van der Waals surface area (Å²) in [5.74, 6) is 0. The molecular formula is C4H7NSi. The highest BCUT2D eigenvalue weighted by Crippen LogP contribution is 1.90. The molecule has 0 fully saturated rings. The molecule has 0 spiro atoms. The van der Waals surface area contributed by atoms with E-state index in [0.29, 0.717) is 0 Å². The molecule has 0 aromatic heterocycles. The predicted octanol–water partition coefficient (Wildman–Crippen LogP) is 0.520. The minimum absolute atomic E-state index is 0.660. The Morgan fingerprint density at radius 2 is 2.50 bits per heavy atom. The normalized spacial score (nSPS) is 29.2. The van der Waals surface area contributed by atoms with Gasteiger partial charge in [0, 0.05) is 6.21 Å². The van der Waals surface area contributed by atoms with Gasteiger partial charge in [0.15, 0.2) is 8.96 Å². The quantitative estimate of drug-likeness (QED) is 0.391. The average molecular weight is 97.2 g/mol. The molecule has 0 bridgehead atoms. The molecule has 0 saturated carbocycles. The Hall–Kier alpha value is -0.373. The van der Waals surface area contributed by atoms with E-state index in [2.05, 4.69) is 16.9 Å². The first-order valence-corrected chi connectivity index (χ1v) is 4.43. The summed E-state index contributed by atoms with van der Waals surface area (Å²) in [6, 6.07) is 0. The Balaban J connectivity index is 2.60. The average Bonchev–Trinajstić information content (AvgIpc) is 1.86. The third kappa shape index (κ3) is 0.570. The molecule has 1 aliphatic heterocycles. The van der Waals surface area contributed by atoms with Gasteiger partial charge in [-0.1, -0.05) is 11.8 Å². The molecule has 0 aromatic carbocycles. The van der Waals surface area contributed by atoms with E-state index in [0.717, 1.165) is 0 Å². The molecule has 1 unspecified atom stereocenters. The van der Waals surface area contributed by atoms with Gasteiger partial charge in [-0.2, -0.15) is 0 Å². The predicted molar refractivity (Wildman–Crippen MR) is 30.6 cm³/mol. The van der Waals surface area contributed by atoms with Crippen molar-refractivity contribution in [2.75, 3.05) is 0 Å². The summed E-state index contributed by atoms with van der Waals surface area (Å²) in [5.41, 5.74) is 2.19. The van der Waals surface area contributed by atoms with Crippen LogP contribution in [0.5, 0.6) is 0 Å². The van der Waals surface area contributed by atoms with Crippen LogP contribution in [0.3, 0.4) is 0 Å². The summed E-state index contributed by atoms with van der Waals surface area (Å²) in [5, 5.41) is 0. The standard InChI is InChI=1S/C4H7NSi/c1-6-4-2-3-5-6/h2-4,6H,1H3. The van der Waals surface area contributed by atoms with E-state index in [1.54, 1.807) is 0 Å². The van der Waals surface area contributed by atoms with E-state index >= 15 is 0 Å². The van der Waals surface area contributed by atoms with Crippen molar-refractivity contribution in [1.82, 2.24) is 0 Å². The van der Waals surface area contributed by atoms with Crippen LogP contribution in [0.1, 0.15) is 0 Å². The summed E-state index contributed by atoms with van der Waals surface area (Å²) in [7, 11) is -0.660. The highest BCUT2D eigenvalue weighted by atomic mass is 28.3. The van der Waals surface area contributed by atoms with Gasteiger partial charge in [-0.15, -0.1) is 0 Å². The van der Waals surface area contributed by atoms with Crippen LogP contribution in [0, 0.1) is 0 Å². The Bertz CT molecular complexity index is 83.7. The Labute approximate surface area is 39.1 Å². The van der Waals surface area contributed by atoms with E-state index in [1.165, 1.54) is 0 Å². The Kier molecular flexibility index (Phi) is 0.879. The highest BCUT2D eigenvalue weighted by Gasteiger charge is 1.94. The maximum atomic E-state index is 4.14. The van der Waals surface area contributed by atoms with Crippen LogP contribution in [0.4, 0.5) is 0 Å². The topological polar surface area (TPSA) is 12.4 Å². The minimum Gasteiger partial charge on any atom is -0.328 e. The second kappa shape index (κ2) is 1.39. The van der Waals surface area contributed by atoms with Crippen molar-refractivity contribution in [2.24, 2.45) is 4.66 Å². The fourth-order valence-electron chi connectivity index (χ4n) is 0.446. The van der Waals surface area contributed by atoms with Gasteiger partial charge in [0.25, 0.3) is 0 Å². The second-order valence-corrected chi connectivity index (χ2v) is 3.59. The van der Waals surface area contributed by atoms with Crippen LogP contribution in [0.15, 0.2) is 16.4 Å². The van der Waals surface area contributed by atoms with Crippen molar-refractivity contribution >= 4 is 15.2 Å². The summed E-state index contributed by atoms with van der Waals surface area (Å²) >= 11 is 0. The van der Waals surface area contributed by atoms with Crippen LogP contribution < -0.4 is 0 Å². The first-order chi connectivity index (χ1) is 2.89. The molecule has 0 saturated heterocycles. The van der Waals surface area contributed by atoms with E-state index in [-0.39, 0.29) is 0 Å². The molecule has 0 radical (unpaired) electrons. The first kappa shape index (κ1) is 3.80. The highest BCUT2D eigenvalue weighted by molar-refractivity contribution is 6.64. The minimum atomic E-state index is -0.660. The number of allylic oxidation sites excluding steroid dienone is 1. The van der Waals surface area contributed by atoms with Crippen molar-refractivity contribution in [3.8, 4) is 0 Å². The molecule has 0 aromatic rings. The zero-order valence-corrected chi connectivity index (χ0v) is 4.91. The number of rotatable bonds is 0. The molecule has 32 valence electrons. The zero-order chi connectivity index (χ0) is 4.41. The monoisotopic (exact) mass is 97.0 g/mol. The molecule has 0 N–H and O–H groups in total. The van der Waals surface area contributed by atoms with Gasteiger partial charge in [-0.05, 0) is 6.55 Å². The maximum absolute atomic E-state index is 4.14. The second-order valence-electron chi connectivity index (χ2n) is 1.42. The van der Waals surface area contributed by atoms with E-state index < -0.39 is 8.96 Å². The molecule has 0 aliphatic carbocycles. The smallest absolute Gasteiger partial charge is 0.186 e. The van der Waals surface area contributed by atoms with Crippen LogP contribution >= 0.6 is 0 Å². The van der Waals surface area contributed by atoms with Gasteiger partial charge >= 0.3 is 0 Å². The van der Waals surface area contributed by atoms with Gasteiger partial charge in [-0.3, -0.25) is 0 Å². The molecule has 2 heteroatoms. The number of hydrogen-bond acceptors (Lipinski definition) is 1. The van der Waals surface area contributed by atoms with Gasteiger partial charge in [0.05, 0.1) is 0 Å². The molecule has 1 aliphatic rings. The molecule has 1 nitrogen and oxygen atoms in total. The van der Waals surface area contributed by atoms with Crippen LogP contribution in [0.2, 0.25) is 6.55 Å². The van der Waals surface area contributed by atoms with Crippen LogP contribution in [-0.2, 0) is 0 Å². The Morgan fingerprint density at radius 3 is 2.67 bits per heavy atom. The van der Waals surface area contributed by atoms with Crippen LogP contribution in [-0.4, -0.2) is 15.2 Å². The fraction of sp³-hybridized carbons (Fsp3) is 0.250. The van der Waals surface area contributed by atoms with Crippen molar-refractivity contribution in [2.45, 2.75) is 6.55 Å². The zero-order valence-electron chi connectivity index (χ0n) is 3.76. The summed E-state index contributed by atoms with van der Waals surface area (Å²) in [4.78, 5) is 0. The number of hydrogen-bond donors (Lipinski definition) is 0. The third-order valence-corrected chi connectivity index (χ3v) is 2.22. The lowest BCUT2D eigenvalue weighted by Gasteiger charge is -1.80. The summed E-state index contributed by atoms with van der Waals surface area (Å²) in [6.07, 6.45) is 3.91. The van der Waals surface area contributed by atoms with E-state index in [1.807, 2.05) is 12.3 Å². The van der Waals surface area contributed by atoms with Crippen molar-refractivity contribution in [1.29, 1.82) is 0 Å². The van der Waals surface area contributed by atoms with E-state index in [4.69, 9.17) is 0 Å². The number of nitrogens with zero attached hydrogens (tertiary/aromatic N) is 1. The maximum Gasteiger partial charge on any atom is 0.186 e. The SMILES string of the molecule is C[SiH]1C=CC=N1. The van der Waals surface area contributed by atoms with Crippen molar-refractivity contribution in [3.63, 3.8) is 0 Å². The summed E-state index contributed by atoms with van der Waals surface area (Å²) in [6.45, 7) is 2.19. The lowest BCUT2D eigenvalue weighted by atomic mass is 10.7. The molecule has 0 amide bonds. The van der Waals surface area contributed by atoms with Gasteiger partial charge < -0.3 is 4.66 Å². The van der Waals surface area contributed by atoms with Gasteiger partial charge in [0.2, 0.25) is 0 Å². The Morgan fingerprint density at radius 1 is 1.67 bits per heavy atom. The van der Waals surface area contributed by atoms with Crippen molar-refractivity contribution in [3.05, 3.63) is 11.8 Å². The van der Waals surface area contributed by atoms with Gasteiger partial charge in [0.1, 0.15) is 0 Å². The first-order valence-electron chi connectivity index (χ1n) is 2.09. The lowest BCUT2D eigenvalue weighted by Crippen LogP contribution is -1.91. The molecular weight excluding hydrogens is 90.1 g/mol. The molecule has 6 heavy (non-hydrogen) atoms. The fourth-order valence-corrected chi connectivity index (χ4v) is 1.34. The molecule has 1 atom stereocenters. The van der Waals surface area contributed by atoms with Crippen LogP contribution in [0.25, 0.3) is 0 Å². The summed E-state index contributed by atoms with van der Waals surface area (Å²) < 4.78 is 4.14. The van der Waals surface area contributed by atoms with E-state index in [9.17, 15) is 0 Å². The van der Waals surface area contributed by atoms with Crippen molar-refractivity contribution < 1.29 is 0 Å². The molecule has 1 rings (SSSR count).